The van der Waals surface area contributed by atoms with E-state index in [2.05, 4.69) is 16.7 Å². The van der Waals surface area contributed by atoms with Gasteiger partial charge >= 0.3 is 0 Å². The molecule has 1 aromatic carbocycles. The Morgan fingerprint density at radius 1 is 1.14 bits per heavy atom. The van der Waals surface area contributed by atoms with Crippen molar-refractivity contribution >= 4 is 5.69 Å². The minimum atomic E-state index is -0.117. The highest BCUT2D eigenvalue weighted by Gasteiger charge is 2.28. The maximum Gasteiger partial charge on any atom is 0.146 e. The average molecular weight is 306 g/mol. The summed E-state index contributed by atoms with van der Waals surface area (Å²) in [6.45, 7) is 6.23. The van der Waals surface area contributed by atoms with Gasteiger partial charge in [-0.1, -0.05) is 12.1 Å². The van der Waals surface area contributed by atoms with Crippen LogP contribution in [0.4, 0.5) is 10.1 Å². The van der Waals surface area contributed by atoms with Crippen LogP contribution in [0.25, 0.3) is 0 Å². The molecule has 0 aromatic heterocycles. The minimum absolute atomic E-state index is 0.111. The molecule has 0 amide bonds. The number of hydrogen-bond acceptors (Lipinski definition) is 3. The first-order chi connectivity index (χ1) is 10.6. The van der Waals surface area contributed by atoms with E-state index in [4.69, 9.17) is 0 Å². The van der Waals surface area contributed by atoms with Gasteiger partial charge in [-0.15, -0.1) is 0 Å². The maximum absolute atomic E-state index is 13.9. The average Bonchev–Trinajstić information content (AvgIpc) is 2.51. The van der Waals surface area contributed by atoms with Gasteiger partial charge in [0, 0.05) is 32.2 Å². The number of aliphatic hydroxyl groups excluding tert-OH is 1. The molecule has 2 saturated heterocycles. The van der Waals surface area contributed by atoms with Crippen LogP contribution in [-0.2, 0) is 0 Å². The van der Waals surface area contributed by atoms with Crippen molar-refractivity contribution in [1.82, 2.24) is 4.90 Å². The molecular formula is C18H27FN2O. The lowest BCUT2D eigenvalue weighted by atomic mass is 9.93. The quantitative estimate of drug-likeness (QED) is 0.930. The number of rotatable bonds is 3. The predicted molar refractivity (Wildman–Crippen MR) is 87.6 cm³/mol. The van der Waals surface area contributed by atoms with Crippen LogP contribution in [0, 0.1) is 11.7 Å². The zero-order valence-corrected chi connectivity index (χ0v) is 13.4. The van der Waals surface area contributed by atoms with E-state index >= 15 is 0 Å². The Labute approximate surface area is 132 Å². The Morgan fingerprint density at radius 2 is 1.86 bits per heavy atom. The summed E-state index contributed by atoms with van der Waals surface area (Å²) in [4.78, 5) is 4.70. The monoisotopic (exact) mass is 306 g/mol. The van der Waals surface area contributed by atoms with E-state index < -0.39 is 0 Å². The normalized spacial score (nSPS) is 28.0. The zero-order chi connectivity index (χ0) is 15.5. The molecule has 2 unspecified atom stereocenters. The number of piperidine rings is 2. The van der Waals surface area contributed by atoms with Gasteiger partial charge in [-0.25, -0.2) is 4.39 Å². The van der Waals surface area contributed by atoms with Crippen LogP contribution in [0.5, 0.6) is 0 Å². The smallest absolute Gasteiger partial charge is 0.146 e. The summed E-state index contributed by atoms with van der Waals surface area (Å²) in [5.41, 5.74) is 0.746. The molecule has 1 aromatic rings. The molecule has 2 heterocycles. The molecule has 2 fully saturated rings. The number of benzene rings is 1. The van der Waals surface area contributed by atoms with Gasteiger partial charge in [-0.3, -0.25) is 0 Å². The van der Waals surface area contributed by atoms with Crippen LogP contribution >= 0.6 is 0 Å². The Balaban J connectivity index is 1.51. The van der Waals surface area contributed by atoms with Crippen molar-refractivity contribution in [3.8, 4) is 0 Å². The second-order valence-corrected chi connectivity index (χ2v) is 6.90. The number of hydrogen-bond donors (Lipinski definition) is 1. The van der Waals surface area contributed by atoms with Crippen LogP contribution < -0.4 is 4.90 Å². The summed E-state index contributed by atoms with van der Waals surface area (Å²) in [7, 11) is 0. The topological polar surface area (TPSA) is 26.7 Å². The van der Waals surface area contributed by atoms with E-state index in [0.717, 1.165) is 57.5 Å². The Kier molecular flexibility index (Phi) is 4.99. The number of anilines is 1. The molecule has 0 bridgehead atoms. The van der Waals surface area contributed by atoms with Gasteiger partial charge in [0.2, 0.25) is 0 Å². The van der Waals surface area contributed by atoms with E-state index in [1.54, 1.807) is 12.1 Å². The molecule has 3 nitrogen and oxygen atoms in total. The molecule has 1 N–H and O–H groups in total. The van der Waals surface area contributed by atoms with Crippen molar-refractivity contribution in [1.29, 1.82) is 0 Å². The van der Waals surface area contributed by atoms with E-state index in [9.17, 15) is 9.50 Å². The van der Waals surface area contributed by atoms with E-state index in [1.165, 1.54) is 0 Å². The van der Waals surface area contributed by atoms with Gasteiger partial charge in [0.05, 0.1) is 11.8 Å². The van der Waals surface area contributed by atoms with Crippen molar-refractivity contribution in [2.75, 3.05) is 31.1 Å². The lowest BCUT2D eigenvalue weighted by molar-refractivity contribution is 0.0377. The van der Waals surface area contributed by atoms with Crippen molar-refractivity contribution in [3.05, 3.63) is 30.1 Å². The lowest BCUT2D eigenvalue weighted by Gasteiger charge is -2.40. The molecule has 22 heavy (non-hydrogen) atoms. The summed E-state index contributed by atoms with van der Waals surface area (Å²) in [5, 5.41) is 9.72. The number of likely N-dealkylation sites (tertiary alicyclic amines) is 1. The van der Waals surface area contributed by atoms with Gasteiger partial charge in [0.25, 0.3) is 0 Å². The third-order valence-electron chi connectivity index (χ3n) is 5.29. The fourth-order valence-electron chi connectivity index (χ4n) is 3.86. The molecule has 4 heteroatoms. The Bertz CT molecular complexity index is 488. The number of para-hydroxylation sites is 1. The first-order valence-corrected chi connectivity index (χ1v) is 8.55. The standard InChI is InChI=1S/C18H27FN2O/c1-14-12-16(22)8-11-21(14)13-15-6-9-20(10-7-15)18-5-3-2-4-17(18)19/h2-5,14-16,22H,6-13H2,1H3. The largest absolute Gasteiger partial charge is 0.393 e. The van der Waals surface area contributed by atoms with E-state index in [1.807, 2.05) is 12.1 Å². The zero-order valence-electron chi connectivity index (χ0n) is 13.4. The molecular weight excluding hydrogens is 279 g/mol. The molecule has 122 valence electrons. The molecule has 2 aliphatic heterocycles. The molecule has 2 aliphatic rings. The summed E-state index contributed by atoms with van der Waals surface area (Å²) >= 11 is 0. The van der Waals surface area contributed by atoms with Crippen LogP contribution in [0.2, 0.25) is 0 Å². The number of nitrogens with zero attached hydrogens (tertiary/aromatic N) is 2. The molecule has 0 aliphatic carbocycles. The Morgan fingerprint density at radius 3 is 2.55 bits per heavy atom. The molecule has 0 saturated carbocycles. The van der Waals surface area contributed by atoms with Gasteiger partial charge in [0.1, 0.15) is 5.82 Å². The first-order valence-electron chi connectivity index (χ1n) is 8.55. The SMILES string of the molecule is CC1CC(O)CCN1CC1CCN(c2ccccc2F)CC1. The molecule has 0 spiro atoms. The predicted octanol–water partition coefficient (Wildman–Crippen LogP) is 2.89. The van der Waals surface area contributed by atoms with Crippen LogP contribution in [0.1, 0.15) is 32.6 Å². The highest BCUT2D eigenvalue weighted by molar-refractivity contribution is 5.47. The maximum atomic E-state index is 13.9. The summed E-state index contributed by atoms with van der Waals surface area (Å²) in [5.74, 6) is 0.584. The van der Waals surface area contributed by atoms with E-state index in [-0.39, 0.29) is 11.9 Å². The van der Waals surface area contributed by atoms with Crippen LogP contribution in [0.15, 0.2) is 24.3 Å². The van der Waals surface area contributed by atoms with Crippen molar-refractivity contribution in [2.45, 2.75) is 44.8 Å². The second-order valence-electron chi connectivity index (χ2n) is 6.90. The number of aliphatic hydroxyl groups is 1. The molecule has 0 radical (unpaired) electrons. The number of halogens is 1. The molecule has 2 atom stereocenters. The fourth-order valence-corrected chi connectivity index (χ4v) is 3.86. The Hall–Kier alpha value is -1.13. The summed E-state index contributed by atoms with van der Waals surface area (Å²) in [6.07, 6.45) is 3.93. The van der Waals surface area contributed by atoms with Crippen LogP contribution in [0.3, 0.4) is 0 Å². The first kappa shape index (κ1) is 15.8. The van der Waals surface area contributed by atoms with Crippen molar-refractivity contribution in [3.63, 3.8) is 0 Å². The highest BCUT2D eigenvalue weighted by Crippen LogP contribution is 2.27. The lowest BCUT2D eigenvalue weighted by Crippen LogP contribution is -2.46. The van der Waals surface area contributed by atoms with Gasteiger partial charge in [-0.05, 0) is 50.7 Å². The van der Waals surface area contributed by atoms with E-state index in [0.29, 0.717) is 12.0 Å². The third-order valence-corrected chi connectivity index (χ3v) is 5.29. The summed E-state index contributed by atoms with van der Waals surface area (Å²) < 4.78 is 13.9. The van der Waals surface area contributed by atoms with Crippen LogP contribution in [-0.4, -0.2) is 48.3 Å². The van der Waals surface area contributed by atoms with Crippen molar-refractivity contribution < 1.29 is 9.50 Å². The van der Waals surface area contributed by atoms with Gasteiger partial charge < -0.3 is 14.9 Å². The second kappa shape index (κ2) is 6.97. The fraction of sp³-hybridized carbons (Fsp3) is 0.667. The van der Waals surface area contributed by atoms with Gasteiger partial charge in [-0.2, -0.15) is 0 Å². The molecule has 3 rings (SSSR count). The third kappa shape index (κ3) is 3.61. The van der Waals surface area contributed by atoms with Crippen molar-refractivity contribution in [2.24, 2.45) is 5.92 Å². The highest BCUT2D eigenvalue weighted by atomic mass is 19.1. The van der Waals surface area contributed by atoms with Gasteiger partial charge in [0.15, 0.2) is 0 Å². The summed E-state index contributed by atoms with van der Waals surface area (Å²) in [6, 6.07) is 7.56. The minimum Gasteiger partial charge on any atom is -0.393 e.